The van der Waals surface area contributed by atoms with Crippen LogP contribution in [-0.2, 0) is 9.59 Å². The first-order valence-corrected chi connectivity index (χ1v) is 20.0. The summed E-state index contributed by atoms with van der Waals surface area (Å²) in [5, 5.41) is 35.8. The molecule has 6 rings (SSSR count). The lowest BCUT2D eigenvalue weighted by molar-refractivity contribution is -0.141. The number of piperidine rings is 1. The van der Waals surface area contributed by atoms with E-state index in [1.807, 2.05) is 47.1 Å². The topological polar surface area (TPSA) is 170 Å². The first kappa shape index (κ1) is 40.6. The summed E-state index contributed by atoms with van der Waals surface area (Å²) in [6.07, 6.45) is 0.988. The molecule has 1 unspecified atom stereocenters. The molecule has 2 amide bonds. The van der Waals surface area contributed by atoms with Crippen LogP contribution in [0.5, 0.6) is 5.75 Å². The molecule has 6 N–H and O–H groups in total. The number of β-amino-alcohol motifs (C(OH)–C–C–N with tert-alkyl or cyclic N) is 1. The molecule has 0 radical (unpaired) electrons. The molecule has 4 aromatic rings. The second kappa shape index (κ2) is 16.6. The molecule has 2 saturated heterocycles. The second-order valence-electron chi connectivity index (χ2n) is 16.2. The first-order chi connectivity index (χ1) is 26.5. The molecule has 2 fully saturated rings. The summed E-state index contributed by atoms with van der Waals surface area (Å²) >= 11 is 1.61. The normalized spacial score (nSPS) is 19.4. The van der Waals surface area contributed by atoms with Crippen LogP contribution in [-0.4, -0.2) is 79.9 Å². The number of carbonyl (C=O) groups is 2. The van der Waals surface area contributed by atoms with Crippen molar-refractivity contribution >= 4 is 34.7 Å². The molecule has 56 heavy (non-hydrogen) atoms. The number of halogens is 1. The van der Waals surface area contributed by atoms with Gasteiger partial charge < -0.3 is 36.4 Å². The number of aliphatic hydroxyl groups excluding tert-OH is 1. The fourth-order valence-corrected chi connectivity index (χ4v) is 8.60. The van der Waals surface area contributed by atoms with Gasteiger partial charge in [-0.3, -0.25) is 9.59 Å². The molecule has 0 bridgehead atoms. The number of nitrogens with one attached hydrogen (secondary N) is 2. The monoisotopic (exact) mass is 784 g/mol. The number of phenols is 1. The summed E-state index contributed by atoms with van der Waals surface area (Å²) < 4.78 is 14.1. The molecule has 2 aromatic carbocycles. The average Bonchev–Trinajstić information content (AvgIpc) is 3.79. The number of phenolic OH excluding ortho intramolecular Hbond substituents is 1. The summed E-state index contributed by atoms with van der Waals surface area (Å²) in [4.78, 5) is 37.5. The van der Waals surface area contributed by atoms with Crippen LogP contribution in [0.2, 0.25) is 0 Å². The number of para-hydroxylation sites is 1. The van der Waals surface area contributed by atoms with Gasteiger partial charge in [-0.25, -0.2) is 9.37 Å². The van der Waals surface area contributed by atoms with Gasteiger partial charge in [0, 0.05) is 49.3 Å². The Bertz CT molecular complexity index is 2060. The smallest absolute Gasteiger partial charge is 0.246 e. The van der Waals surface area contributed by atoms with Crippen LogP contribution >= 0.6 is 11.3 Å². The van der Waals surface area contributed by atoms with E-state index in [9.17, 15) is 24.2 Å². The van der Waals surface area contributed by atoms with Crippen molar-refractivity contribution in [1.29, 1.82) is 0 Å². The highest BCUT2D eigenvalue weighted by Crippen LogP contribution is 2.36. The molecule has 0 spiro atoms. The highest BCUT2D eigenvalue weighted by atomic mass is 32.1. The van der Waals surface area contributed by atoms with Gasteiger partial charge in [0.25, 0.3) is 0 Å². The Labute approximate surface area is 332 Å². The number of hydrogen-bond acceptors (Lipinski definition) is 11. The lowest BCUT2D eigenvalue weighted by Crippen LogP contribution is -2.57. The minimum Gasteiger partial charge on any atom is -0.504 e. The number of benzene rings is 2. The lowest BCUT2D eigenvalue weighted by Gasteiger charge is -2.39. The summed E-state index contributed by atoms with van der Waals surface area (Å²) in [7, 11) is 0. The van der Waals surface area contributed by atoms with Gasteiger partial charge in [0.15, 0.2) is 17.4 Å². The summed E-state index contributed by atoms with van der Waals surface area (Å²) in [5.41, 5.74) is 12.4. The Morgan fingerprint density at radius 3 is 2.41 bits per heavy atom. The minimum atomic E-state index is -0.835. The van der Waals surface area contributed by atoms with Crippen molar-refractivity contribution in [3.8, 4) is 27.4 Å². The molecule has 0 saturated carbocycles. The highest BCUT2D eigenvalue weighted by Gasteiger charge is 2.44. The van der Waals surface area contributed by atoms with Gasteiger partial charge in [-0.05, 0) is 67.3 Å². The molecular formula is C42H53FN8O4S. The molecular weight excluding hydrogens is 732 g/mol. The Morgan fingerprint density at radius 2 is 1.77 bits per heavy atom. The number of likely N-dealkylation sites (tertiary alicyclic amines) is 1. The molecule has 2 aliphatic heterocycles. The number of rotatable bonds is 11. The maximum Gasteiger partial charge on any atom is 0.246 e. The Morgan fingerprint density at radius 1 is 1.07 bits per heavy atom. The molecule has 0 aliphatic carbocycles. The Hall–Kier alpha value is -5.08. The molecule has 2 aliphatic rings. The van der Waals surface area contributed by atoms with Crippen LogP contribution in [0, 0.1) is 30.0 Å². The third kappa shape index (κ3) is 8.66. The number of aryl methyl sites for hydroxylation is 1. The van der Waals surface area contributed by atoms with Gasteiger partial charge in [-0.2, -0.15) is 0 Å². The minimum absolute atomic E-state index is 0.0385. The van der Waals surface area contributed by atoms with Crippen LogP contribution in [0.25, 0.3) is 21.7 Å². The zero-order valence-electron chi connectivity index (χ0n) is 32.9. The first-order valence-electron chi connectivity index (χ1n) is 19.1. The predicted molar refractivity (Wildman–Crippen MR) is 218 cm³/mol. The van der Waals surface area contributed by atoms with E-state index in [-0.39, 0.29) is 47.6 Å². The van der Waals surface area contributed by atoms with E-state index in [4.69, 9.17) is 5.73 Å². The molecule has 2 aromatic heterocycles. The number of nitrogen functional groups attached to an aromatic ring is 1. The van der Waals surface area contributed by atoms with E-state index in [1.54, 1.807) is 28.4 Å². The van der Waals surface area contributed by atoms with Gasteiger partial charge in [0.2, 0.25) is 11.8 Å². The van der Waals surface area contributed by atoms with Crippen molar-refractivity contribution < 1.29 is 24.2 Å². The zero-order valence-corrected chi connectivity index (χ0v) is 33.7. The molecule has 4 heterocycles. The van der Waals surface area contributed by atoms with E-state index in [2.05, 4.69) is 61.6 Å². The number of thiazole rings is 1. The Kier molecular flexibility index (Phi) is 12.0. The zero-order chi connectivity index (χ0) is 40.5. The lowest BCUT2D eigenvalue weighted by atomic mass is 9.82. The van der Waals surface area contributed by atoms with Crippen molar-refractivity contribution in [1.82, 2.24) is 30.7 Å². The number of carbonyl (C=O) groups excluding carboxylic acids is 2. The van der Waals surface area contributed by atoms with Crippen LogP contribution in [0.3, 0.4) is 0 Å². The number of nitrogens with two attached hydrogens (primary N) is 1. The summed E-state index contributed by atoms with van der Waals surface area (Å²) in [5.74, 6) is -1.84. The second-order valence-corrected chi connectivity index (χ2v) is 17.1. The van der Waals surface area contributed by atoms with Crippen molar-refractivity contribution in [3.63, 3.8) is 0 Å². The predicted octanol–water partition coefficient (Wildman–Crippen LogP) is 6.21. The number of hydrogen-bond donors (Lipinski definition) is 5. The van der Waals surface area contributed by atoms with E-state index in [1.165, 1.54) is 12.1 Å². The van der Waals surface area contributed by atoms with Crippen molar-refractivity contribution in [2.24, 2.45) is 17.3 Å². The maximum absolute atomic E-state index is 14.4. The van der Waals surface area contributed by atoms with Crippen LogP contribution in [0.15, 0.2) is 66.3 Å². The number of anilines is 2. The molecule has 14 heteroatoms. The van der Waals surface area contributed by atoms with Crippen molar-refractivity contribution in [2.45, 2.75) is 85.0 Å². The van der Waals surface area contributed by atoms with E-state index in [0.29, 0.717) is 49.4 Å². The number of nitrogens with zero attached hydrogens (tertiary/aromatic N) is 5. The number of aromatic nitrogens is 3. The highest BCUT2D eigenvalue weighted by molar-refractivity contribution is 7.13. The number of aromatic hydroxyl groups is 1. The fourth-order valence-electron chi connectivity index (χ4n) is 7.79. The number of aliphatic hydroxyl groups is 1. The van der Waals surface area contributed by atoms with Gasteiger partial charge in [-0.1, -0.05) is 64.6 Å². The van der Waals surface area contributed by atoms with Crippen LogP contribution in [0.1, 0.15) is 71.2 Å². The van der Waals surface area contributed by atoms with Gasteiger partial charge >= 0.3 is 0 Å². The molecule has 12 nitrogen and oxygen atoms in total. The van der Waals surface area contributed by atoms with E-state index in [0.717, 1.165) is 21.7 Å². The van der Waals surface area contributed by atoms with Gasteiger partial charge in [-0.15, -0.1) is 21.5 Å². The average molecular weight is 785 g/mol. The quantitative estimate of drug-likeness (QED) is 0.118. The van der Waals surface area contributed by atoms with Gasteiger partial charge in [0.05, 0.1) is 39.6 Å². The van der Waals surface area contributed by atoms with E-state index >= 15 is 0 Å². The van der Waals surface area contributed by atoms with Crippen molar-refractivity contribution in [2.75, 3.05) is 30.3 Å². The van der Waals surface area contributed by atoms with Crippen LogP contribution < -0.4 is 21.3 Å². The molecule has 298 valence electrons. The van der Waals surface area contributed by atoms with E-state index < -0.39 is 35.2 Å². The standard InChI is InChI=1S/C42H53FN8O4S/c1-23(27-15-17-50(18-16-27)35-20-33(48-49-39(35)44)31-9-8-10-32(43)36(31)53)40(54)47-38(42(5,6)7)41(55)51-21-30(52)19-34(51)25(3)46-24(2)28-11-13-29(14-12-28)37-26(4)45-22-56-37/h8-14,20,22-24,27,30,34,38,46,52-53H,3,15-19,21H2,1-2,4-7H3,(H2,44,49)(H,47,54)/t23?,24-,30+,34-,38+/m0/s1. The Balaban J connectivity index is 1.08. The third-order valence-corrected chi connectivity index (χ3v) is 12.2. The third-order valence-electron chi connectivity index (χ3n) is 11.2. The number of amides is 2. The van der Waals surface area contributed by atoms with Crippen molar-refractivity contribution in [3.05, 3.63) is 83.4 Å². The maximum atomic E-state index is 14.4. The summed E-state index contributed by atoms with van der Waals surface area (Å²) in [6, 6.07) is 12.8. The fraction of sp³-hybridized carbons (Fsp3) is 0.452. The van der Waals surface area contributed by atoms with Gasteiger partial charge in [0.1, 0.15) is 6.04 Å². The van der Waals surface area contributed by atoms with Crippen LogP contribution in [0.4, 0.5) is 15.9 Å². The molecule has 5 atom stereocenters. The largest absolute Gasteiger partial charge is 0.504 e. The summed E-state index contributed by atoms with van der Waals surface area (Å²) in [6.45, 7) is 17.4. The SMILES string of the molecule is C=C(N[C@@H](C)c1ccc(-c2scnc2C)cc1)[C@@H]1C[C@@H](O)CN1C(=O)[C@@H](NC(=O)C(C)C1CCN(c2cc(-c3cccc(F)c3O)nnc2N)CC1)C(C)(C)C.